The average molecular weight is 449 g/mol. The van der Waals surface area contributed by atoms with Crippen molar-refractivity contribution < 1.29 is 13.2 Å². The van der Waals surface area contributed by atoms with Crippen LogP contribution in [0.4, 0.5) is 11.4 Å². The number of H-pyrrole nitrogens is 1. The van der Waals surface area contributed by atoms with Gasteiger partial charge in [0.05, 0.1) is 29.1 Å². The Morgan fingerprint density at radius 2 is 1.56 bits per heavy atom. The Labute approximate surface area is 183 Å². The van der Waals surface area contributed by atoms with E-state index in [-0.39, 0.29) is 16.1 Å². The lowest BCUT2D eigenvalue weighted by molar-refractivity contribution is 0.415. The van der Waals surface area contributed by atoms with Crippen LogP contribution in [0.5, 0.6) is 5.75 Å². The van der Waals surface area contributed by atoms with E-state index in [9.17, 15) is 13.2 Å². The highest BCUT2D eigenvalue weighted by Gasteiger charge is 2.17. The highest BCUT2D eigenvalue weighted by Crippen LogP contribution is 2.29. The van der Waals surface area contributed by atoms with E-state index in [1.807, 2.05) is 18.2 Å². The van der Waals surface area contributed by atoms with Crippen LogP contribution >= 0.6 is 0 Å². The number of hydrogen-bond donors (Lipinski definition) is 2. The number of azo groups is 1. The van der Waals surface area contributed by atoms with Gasteiger partial charge in [-0.2, -0.15) is 5.11 Å². The van der Waals surface area contributed by atoms with Gasteiger partial charge in [0.15, 0.2) is 5.69 Å². The Balaban J connectivity index is 1.79. The number of aromatic amines is 1. The second kappa shape index (κ2) is 8.61. The largest absolute Gasteiger partial charge is 0.497 e. The van der Waals surface area contributed by atoms with Gasteiger partial charge in [-0.05, 0) is 60.7 Å². The molecule has 0 fully saturated rings. The summed E-state index contributed by atoms with van der Waals surface area (Å²) >= 11 is 0. The third-order valence-corrected chi connectivity index (χ3v) is 5.62. The number of rotatable bonds is 6. The van der Waals surface area contributed by atoms with Crippen LogP contribution in [-0.4, -0.2) is 25.3 Å². The summed E-state index contributed by atoms with van der Waals surface area (Å²) in [5, 5.41) is 16.5. The van der Waals surface area contributed by atoms with Gasteiger partial charge in [0.1, 0.15) is 5.75 Å². The number of nitrogens with two attached hydrogens (primary N) is 1. The summed E-state index contributed by atoms with van der Waals surface area (Å²) in [5.74, 6) is 0.678. The molecule has 0 bridgehead atoms. The van der Waals surface area contributed by atoms with Crippen molar-refractivity contribution >= 4 is 21.4 Å². The third-order valence-electron chi connectivity index (χ3n) is 4.69. The molecule has 0 saturated carbocycles. The van der Waals surface area contributed by atoms with Crippen LogP contribution in [0.2, 0.25) is 0 Å². The van der Waals surface area contributed by atoms with Gasteiger partial charge in [-0.3, -0.25) is 9.89 Å². The number of nitrogens with zero attached hydrogens (tertiary/aromatic N) is 3. The molecule has 0 radical (unpaired) electrons. The van der Waals surface area contributed by atoms with Gasteiger partial charge in [-0.25, -0.2) is 18.2 Å². The van der Waals surface area contributed by atoms with Gasteiger partial charge >= 0.3 is 0 Å². The number of aromatic nitrogens is 2. The molecule has 0 amide bonds. The van der Waals surface area contributed by atoms with Crippen LogP contribution < -0.4 is 15.4 Å². The molecule has 162 valence electrons. The minimum absolute atomic E-state index is 0.0385. The molecule has 0 unspecified atom stereocenters. The molecule has 9 nitrogen and oxygen atoms in total. The van der Waals surface area contributed by atoms with Crippen LogP contribution in [-0.2, 0) is 10.0 Å². The third kappa shape index (κ3) is 4.36. The fourth-order valence-corrected chi connectivity index (χ4v) is 3.56. The first-order chi connectivity index (χ1) is 15.4. The first-order valence-electron chi connectivity index (χ1n) is 9.46. The second-order valence-corrected chi connectivity index (χ2v) is 8.34. The molecule has 0 aliphatic carbocycles. The molecule has 0 aliphatic rings. The van der Waals surface area contributed by atoms with Crippen molar-refractivity contribution in [1.29, 1.82) is 0 Å². The number of sulfonamides is 1. The smallest absolute Gasteiger partial charge is 0.299 e. The maximum absolute atomic E-state index is 13.2. The van der Waals surface area contributed by atoms with E-state index < -0.39 is 10.0 Å². The lowest BCUT2D eigenvalue weighted by atomic mass is 10.1. The summed E-state index contributed by atoms with van der Waals surface area (Å²) in [6.07, 6.45) is 0. The Morgan fingerprint density at radius 1 is 0.906 bits per heavy atom. The molecule has 3 N–H and O–H groups in total. The van der Waals surface area contributed by atoms with Crippen LogP contribution in [0.25, 0.3) is 16.9 Å². The molecule has 3 aromatic carbocycles. The average Bonchev–Trinajstić information content (AvgIpc) is 3.14. The molecule has 0 atom stereocenters. The van der Waals surface area contributed by atoms with E-state index in [0.717, 1.165) is 5.56 Å². The van der Waals surface area contributed by atoms with Crippen molar-refractivity contribution in [1.82, 2.24) is 9.78 Å². The number of ether oxygens (including phenoxy) is 1. The van der Waals surface area contributed by atoms with Crippen molar-refractivity contribution in [3.63, 3.8) is 0 Å². The lowest BCUT2D eigenvalue weighted by Gasteiger charge is -2.03. The van der Waals surface area contributed by atoms with Gasteiger partial charge in [-0.1, -0.05) is 18.2 Å². The van der Waals surface area contributed by atoms with Gasteiger partial charge in [0.2, 0.25) is 10.0 Å². The van der Waals surface area contributed by atoms with Crippen molar-refractivity contribution in [2.45, 2.75) is 4.90 Å². The summed E-state index contributed by atoms with van der Waals surface area (Å²) < 4.78 is 29.4. The zero-order chi connectivity index (χ0) is 22.7. The Morgan fingerprint density at radius 3 is 2.16 bits per heavy atom. The molecular formula is C22H19N5O4S. The van der Waals surface area contributed by atoms with E-state index in [4.69, 9.17) is 9.88 Å². The summed E-state index contributed by atoms with van der Waals surface area (Å²) in [5.41, 5.74) is 1.93. The van der Waals surface area contributed by atoms with Crippen LogP contribution in [0.3, 0.4) is 0 Å². The van der Waals surface area contributed by atoms with Crippen LogP contribution in [0.1, 0.15) is 0 Å². The molecule has 4 aromatic rings. The maximum atomic E-state index is 13.2. The highest BCUT2D eigenvalue weighted by molar-refractivity contribution is 7.89. The van der Waals surface area contributed by atoms with Crippen molar-refractivity contribution in [2.75, 3.05) is 7.11 Å². The normalized spacial score (nSPS) is 11.7. The lowest BCUT2D eigenvalue weighted by Crippen LogP contribution is -2.13. The highest BCUT2D eigenvalue weighted by atomic mass is 32.2. The minimum atomic E-state index is -3.81. The topological polar surface area (TPSA) is 132 Å². The van der Waals surface area contributed by atoms with Gasteiger partial charge in [0, 0.05) is 5.56 Å². The number of methoxy groups -OCH3 is 1. The van der Waals surface area contributed by atoms with E-state index >= 15 is 0 Å². The second-order valence-electron chi connectivity index (χ2n) is 6.78. The standard InChI is InChI=1S/C22H19N5O4S/c1-31-18-11-7-15(8-12-18)20-21(22(28)27(26-20)17-5-3-2-4-6-17)25-24-16-9-13-19(14-10-16)32(23,29)30/h2-14,26H,1H3,(H2,23,29,30). The molecule has 1 aromatic heterocycles. The predicted octanol–water partition coefficient (Wildman–Crippen LogP) is 3.90. The van der Waals surface area contributed by atoms with Crippen molar-refractivity contribution in [2.24, 2.45) is 15.4 Å². The van der Waals surface area contributed by atoms with E-state index in [1.165, 1.54) is 28.9 Å². The summed E-state index contributed by atoms with van der Waals surface area (Å²) in [6, 6.07) is 21.8. The molecule has 0 spiro atoms. The number of nitrogens with one attached hydrogen (secondary N) is 1. The van der Waals surface area contributed by atoms with Crippen LogP contribution in [0, 0.1) is 0 Å². The van der Waals surface area contributed by atoms with Crippen molar-refractivity contribution in [3.05, 3.63) is 89.2 Å². The SMILES string of the molecule is COc1ccc(-c2[nH]n(-c3ccccc3)c(=O)c2N=Nc2ccc(S(N)(=O)=O)cc2)cc1. The van der Waals surface area contributed by atoms with Crippen LogP contribution in [0.15, 0.2) is 98.8 Å². The number of primary sulfonamides is 1. The monoisotopic (exact) mass is 449 g/mol. The fraction of sp³-hybridized carbons (Fsp3) is 0.0455. The molecule has 0 aliphatic heterocycles. The van der Waals surface area contributed by atoms with E-state index in [0.29, 0.717) is 22.8 Å². The summed E-state index contributed by atoms with van der Waals surface area (Å²) in [7, 11) is -2.24. The molecule has 10 heteroatoms. The number of para-hydroxylation sites is 1. The summed E-state index contributed by atoms with van der Waals surface area (Å²) in [4.78, 5) is 13.1. The zero-order valence-corrected chi connectivity index (χ0v) is 17.8. The van der Waals surface area contributed by atoms with E-state index in [1.54, 1.807) is 43.5 Å². The minimum Gasteiger partial charge on any atom is -0.497 e. The molecule has 1 heterocycles. The van der Waals surface area contributed by atoms with Gasteiger partial charge in [0.25, 0.3) is 5.56 Å². The molecule has 32 heavy (non-hydrogen) atoms. The fourth-order valence-electron chi connectivity index (χ4n) is 3.05. The number of benzene rings is 3. The Kier molecular flexibility index (Phi) is 5.71. The molecular weight excluding hydrogens is 430 g/mol. The first-order valence-corrected chi connectivity index (χ1v) is 11.0. The van der Waals surface area contributed by atoms with Gasteiger partial charge < -0.3 is 4.74 Å². The Hall–Kier alpha value is -4.02. The molecule has 0 saturated heterocycles. The quantitative estimate of drug-likeness (QED) is 0.432. The zero-order valence-electron chi connectivity index (χ0n) is 17.0. The molecule has 4 rings (SSSR count). The number of hydrogen-bond acceptors (Lipinski definition) is 6. The van der Waals surface area contributed by atoms with Crippen molar-refractivity contribution in [3.8, 4) is 22.7 Å². The maximum Gasteiger partial charge on any atom is 0.299 e. The van der Waals surface area contributed by atoms with E-state index in [2.05, 4.69) is 15.3 Å². The first kappa shape index (κ1) is 21.2. The van der Waals surface area contributed by atoms with Gasteiger partial charge in [-0.15, -0.1) is 5.11 Å². The predicted molar refractivity (Wildman–Crippen MR) is 120 cm³/mol. The summed E-state index contributed by atoms with van der Waals surface area (Å²) in [6.45, 7) is 0. The Bertz CT molecular complexity index is 1420.